The number of nitrogens with two attached hydrogens (primary N) is 1. The molecule has 0 saturated heterocycles. The molecule has 0 spiro atoms. The zero-order chi connectivity index (χ0) is 10.9. The van der Waals surface area contributed by atoms with Crippen LogP contribution in [0.15, 0.2) is 6.07 Å². The van der Waals surface area contributed by atoms with E-state index in [9.17, 15) is 9.59 Å². The maximum atomic E-state index is 10.6. The Labute approximate surface area is 79.4 Å². The van der Waals surface area contributed by atoms with Crippen LogP contribution in [0.3, 0.4) is 0 Å². The number of rotatable bonds is 3. The fourth-order valence-electron chi connectivity index (χ4n) is 1.11. The zero-order valence-electron chi connectivity index (χ0n) is 7.44. The molecule has 76 valence electrons. The van der Waals surface area contributed by atoms with Gasteiger partial charge < -0.3 is 20.9 Å². The molecule has 1 atom stereocenters. The molecular weight excluding hydrogens is 188 g/mol. The van der Waals surface area contributed by atoms with Crippen LogP contribution in [0.2, 0.25) is 0 Å². The summed E-state index contributed by atoms with van der Waals surface area (Å²) in [5.74, 6) is -2.34. The van der Waals surface area contributed by atoms with Crippen LogP contribution in [0.4, 0.5) is 0 Å². The third kappa shape index (κ3) is 1.74. The van der Waals surface area contributed by atoms with Crippen molar-refractivity contribution in [3.8, 4) is 0 Å². The Morgan fingerprint density at radius 3 is 2.43 bits per heavy atom. The maximum Gasteiger partial charge on any atom is 0.352 e. The second-order valence-corrected chi connectivity index (χ2v) is 2.90. The number of nitrogens with one attached hydrogen (secondary N) is 1. The number of aromatic amines is 1. The number of aromatic nitrogens is 1. The van der Waals surface area contributed by atoms with Crippen LogP contribution < -0.4 is 5.73 Å². The summed E-state index contributed by atoms with van der Waals surface area (Å²) in [5, 5.41) is 17.3. The smallest absolute Gasteiger partial charge is 0.352 e. The molecule has 14 heavy (non-hydrogen) atoms. The van der Waals surface area contributed by atoms with Crippen molar-refractivity contribution in [3.05, 3.63) is 23.0 Å². The van der Waals surface area contributed by atoms with Gasteiger partial charge in [0.25, 0.3) is 0 Å². The molecule has 0 radical (unpaired) electrons. The number of aliphatic carboxylic acids is 1. The van der Waals surface area contributed by atoms with E-state index in [0.29, 0.717) is 5.56 Å². The van der Waals surface area contributed by atoms with Crippen molar-refractivity contribution in [1.82, 2.24) is 4.98 Å². The lowest BCUT2D eigenvalue weighted by Crippen LogP contribution is -2.21. The van der Waals surface area contributed by atoms with E-state index >= 15 is 0 Å². The first-order valence-electron chi connectivity index (χ1n) is 3.84. The lowest BCUT2D eigenvalue weighted by atomic mass is 10.2. The highest BCUT2D eigenvalue weighted by atomic mass is 16.4. The number of hydrogen-bond donors (Lipinski definition) is 4. The van der Waals surface area contributed by atoms with Gasteiger partial charge in [-0.2, -0.15) is 0 Å². The topological polar surface area (TPSA) is 116 Å². The Morgan fingerprint density at radius 1 is 1.50 bits per heavy atom. The second kappa shape index (κ2) is 3.51. The van der Waals surface area contributed by atoms with Gasteiger partial charge in [-0.15, -0.1) is 0 Å². The first-order chi connectivity index (χ1) is 6.43. The fourth-order valence-corrected chi connectivity index (χ4v) is 1.11. The van der Waals surface area contributed by atoms with Crippen molar-refractivity contribution in [3.63, 3.8) is 0 Å². The molecule has 0 amide bonds. The summed E-state index contributed by atoms with van der Waals surface area (Å²) in [6.07, 6.45) is 0. The highest BCUT2D eigenvalue weighted by molar-refractivity contribution is 5.88. The summed E-state index contributed by atoms with van der Waals surface area (Å²) in [5.41, 5.74) is 5.92. The number of hydrogen-bond acceptors (Lipinski definition) is 3. The molecular formula is C8H10N2O4. The van der Waals surface area contributed by atoms with Gasteiger partial charge in [0.15, 0.2) is 0 Å². The van der Waals surface area contributed by atoms with Crippen molar-refractivity contribution in [2.75, 3.05) is 0 Å². The Balaban J connectivity index is 3.08. The number of carboxylic acids is 2. The van der Waals surface area contributed by atoms with Gasteiger partial charge in [0.05, 0.1) is 0 Å². The first-order valence-corrected chi connectivity index (χ1v) is 3.84. The van der Waals surface area contributed by atoms with Crippen LogP contribution in [-0.4, -0.2) is 27.1 Å². The van der Waals surface area contributed by atoms with E-state index < -0.39 is 18.0 Å². The second-order valence-electron chi connectivity index (χ2n) is 2.90. The van der Waals surface area contributed by atoms with Gasteiger partial charge in [0.2, 0.25) is 0 Å². The van der Waals surface area contributed by atoms with Crippen LogP contribution in [0.25, 0.3) is 0 Å². The van der Waals surface area contributed by atoms with Crippen molar-refractivity contribution >= 4 is 11.9 Å². The zero-order valence-corrected chi connectivity index (χ0v) is 7.44. The third-order valence-corrected chi connectivity index (χ3v) is 1.85. The molecule has 0 fully saturated rings. The van der Waals surface area contributed by atoms with E-state index in [2.05, 4.69) is 4.98 Å². The normalized spacial score (nSPS) is 12.4. The summed E-state index contributed by atoms with van der Waals surface area (Å²) in [4.78, 5) is 23.6. The van der Waals surface area contributed by atoms with E-state index in [1.807, 2.05) is 0 Å². The molecule has 1 unspecified atom stereocenters. The molecule has 0 aliphatic rings. The molecule has 0 aromatic carbocycles. The molecule has 0 bridgehead atoms. The molecule has 1 heterocycles. The number of aromatic carboxylic acids is 1. The SMILES string of the molecule is Cc1cc(C(N)C(=O)O)[nH]c1C(=O)O. The number of carboxylic acid groups (broad SMARTS) is 2. The molecule has 1 aromatic heterocycles. The van der Waals surface area contributed by atoms with Gasteiger partial charge in [-0.1, -0.05) is 0 Å². The quantitative estimate of drug-likeness (QED) is 0.549. The summed E-state index contributed by atoms with van der Waals surface area (Å²) < 4.78 is 0. The highest BCUT2D eigenvalue weighted by Gasteiger charge is 2.19. The molecule has 5 N–H and O–H groups in total. The van der Waals surface area contributed by atoms with E-state index in [-0.39, 0.29) is 11.4 Å². The van der Waals surface area contributed by atoms with Gasteiger partial charge in [-0.05, 0) is 18.6 Å². The van der Waals surface area contributed by atoms with Crippen LogP contribution in [0.5, 0.6) is 0 Å². The summed E-state index contributed by atoms with van der Waals surface area (Å²) >= 11 is 0. The standard InChI is InChI=1S/C8H10N2O4/c1-3-2-4(5(9)7(11)12)10-6(3)8(13)14/h2,5,10H,9H2,1H3,(H,11,12)(H,13,14). The Bertz CT molecular complexity index is 383. The first kappa shape index (κ1) is 10.3. The van der Waals surface area contributed by atoms with Gasteiger partial charge >= 0.3 is 11.9 Å². The highest BCUT2D eigenvalue weighted by Crippen LogP contribution is 2.15. The van der Waals surface area contributed by atoms with Crippen LogP contribution in [-0.2, 0) is 4.79 Å². The minimum absolute atomic E-state index is 0.0308. The van der Waals surface area contributed by atoms with Crippen molar-refractivity contribution < 1.29 is 19.8 Å². The third-order valence-electron chi connectivity index (χ3n) is 1.85. The van der Waals surface area contributed by atoms with Crippen molar-refractivity contribution in [2.24, 2.45) is 5.73 Å². The lowest BCUT2D eigenvalue weighted by Gasteiger charge is -2.01. The van der Waals surface area contributed by atoms with E-state index in [4.69, 9.17) is 15.9 Å². The summed E-state index contributed by atoms with van der Waals surface area (Å²) in [6.45, 7) is 1.57. The predicted molar refractivity (Wildman–Crippen MR) is 47.1 cm³/mol. The maximum absolute atomic E-state index is 10.6. The van der Waals surface area contributed by atoms with Gasteiger partial charge in [0.1, 0.15) is 11.7 Å². The largest absolute Gasteiger partial charge is 0.480 e. The number of H-pyrrole nitrogens is 1. The minimum atomic E-state index is -1.22. The van der Waals surface area contributed by atoms with Crippen LogP contribution in [0.1, 0.15) is 27.8 Å². The number of carbonyl (C=O) groups is 2. The van der Waals surface area contributed by atoms with Crippen molar-refractivity contribution in [2.45, 2.75) is 13.0 Å². The summed E-state index contributed by atoms with van der Waals surface area (Å²) in [7, 11) is 0. The average molecular weight is 198 g/mol. The predicted octanol–water partition coefficient (Wildman–Crippen LogP) is 0.106. The monoisotopic (exact) mass is 198 g/mol. The van der Waals surface area contributed by atoms with Gasteiger partial charge in [-0.3, -0.25) is 4.79 Å². The fraction of sp³-hybridized carbons (Fsp3) is 0.250. The Hall–Kier alpha value is -1.82. The summed E-state index contributed by atoms with van der Waals surface area (Å²) in [6, 6.07) is 0.198. The minimum Gasteiger partial charge on any atom is -0.480 e. The molecule has 0 aliphatic heterocycles. The Morgan fingerprint density at radius 2 is 2.07 bits per heavy atom. The van der Waals surface area contributed by atoms with Crippen LogP contribution in [0, 0.1) is 6.92 Å². The van der Waals surface area contributed by atoms with E-state index in [1.165, 1.54) is 6.07 Å². The number of aryl methyl sites for hydroxylation is 1. The molecule has 1 aromatic rings. The molecule has 6 nitrogen and oxygen atoms in total. The molecule has 0 aliphatic carbocycles. The Kier molecular flexibility index (Phi) is 2.57. The van der Waals surface area contributed by atoms with Gasteiger partial charge in [-0.25, -0.2) is 4.79 Å². The van der Waals surface area contributed by atoms with E-state index in [1.54, 1.807) is 6.92 Å². The molecule has 6 heteroatoms. The van der Waals surface area contributed by atoms with E-state index in [0.717, 1.165) is 0 Å². The van der Waals surface area contributed by atoms with Crippen LogP contribution >= 0.6 is 0 Å². The van der Waals surface area contributed by atoms with Gasteiger partial charge in [0, 0.05) is 5.69 Å². The lowest BCUT2D eigenvalue weighted by molar-refractivity contribution is -0.138. The van der Waals surface area contributed by atoms with Crippen molar-refractivity contribution in [1.29, 1.82) is 0 Å². The molecule has 1 rings (SSSR count). The molecule has 0 saturated carbocycles. The average Bonchev–Trinajstić information content (AvgIpc) is 2.45.